The van der Waals surface area contributed by atoms with Crippen molar-refractivity contribution in [1.29, 1.82) is 0 Å². The van der Waals surface area contributed by atoms with E-state index in [2.05, 4.69) is 38.3 Å². The number of nitrogens with zero attached hydrogens (tertiary/aromatic N) is 1. The second kappa shape index (κ2) is 11.6. The minimum atomic E-state index is 0. The Bertz CT molecular complexity index is 507. The maximum atomic E-state index is 5.60. The molecule has 0 aromatic heterocycles. The zero-order chi connectivity index (χ0) is 16.9. The number of nitrogens with one attached hydrogen (secondary N) is 1. The molecule has 1 heterocycles. The summed E-state index contributed by atoms with van der Waals surface area (Å²) >= 11 is 3.60. The predicted molar refractivity (Wildman–Crippen MR) is 116 cm³/mol. The summed E-state index contributed by atoms with van der Waals surface area (Å²) in [6, 6.07) is 4.87. The molecular formula is C19H31BrCl2N2O2. The molecule has 4 nitrogen and oxygen atoms in total. The SMILES string of the molecule is COc1cc([C@H](C2CCCCC2)N2CCNCC2)cc(OC)c1Br.Cl.Cl. The fourth-order valence-corrected chi connectivity index (χ4v) is 4.80. The van der Waals surface area contributed by atoms with Crippen LogP contribution in [-0.2, 0) is 0 Å². The van der Waals surface area contributed by atoms with E-state index in [4.69, 9.17) is 9.47 Å². The fourth-order valence-electron chi connectivity index (χ4n) is 4.25. The first-order valence-electron chi connectivity index (χ1n) is 9.10. The second-order valence-corrected chi connectivity index (χ2v) is 7.66. The zero-order valence-corrected chi connectivity index (χ0v) is 18.9. The van der Waals surface area contributed by atoms with Gasteiger partial charge in [0.15, 0.2) is 0 Å². The normalized spacial score (nSPS) is 19.8. The number of methoxy groups -OCH3 is 2. The van der Waals surface area contributed by atoms with Gasteiger partial charge >= 0.3 is 0 Å². The molecule has 3 rings (SSSR count). The molecule has 1 saturated carbocycles. The molecule has 1 N–H and O–H groups in total. The van der Waals surface area contributed by atoms with Crippen molar-refractivity contribution in [3.63, 3.8) is 0 Å². The monoisotopic (exact) mass is 468 g/mol. The van der Waals surface area contributed by atoms with Gasteiger partial charge in [0.1, 0.15) is 16.0 Å². The van der Waals surface area contributed by atoms with E-state index in [-0.39, 0.29) is 24.8 Å². The molecule has 1 aliphatic carbocycles. The van der Waals surface area contributed by atoms with Gasteiger partial charge in [0.25, 0.3) is 0 Å². The van der Waals surface area contributed by atoms with Gasteiger partial charge < -0.3 is 14.8 Å². The summed E-state index contributed by atoms with van der Waals surface area (Å²) < 4.78 is 12.1. The lowest BCUT2D eigenvalue weighted by Crippen LogP contribution is -2.47. The molecule has 0 bridgehead atoms. The molecule has 0 spiro atoms. The van der Waals surface area contributed by atoms with Crippen molar-refractivity contribution in [3.05, 3.63) is 22.2 Å². The Morgan fingerprint density at radius 2 is 1.54 bits per heavy atom. The van der Waals surface area contributed by atoms with Gasteiger partial charge in [0.2, 0.25) is 0 Å². The zero-order valence-electron chi connectivity index (χ0n) is 15.6. The minimum Gasteiger partial charge on any atom is -0.495 e. The maximum absolute atomic E-state index is 5.60. The number of halogens is 3. The van der Waals surface area contributed by atoms with Crippen LogP contribution in [0.25, 0.3) is 0 Å². The first-order chi connectivity index (χ1) is 11.7. The summed E-state index contributed by atoms with van der Waals surface area (Å²) in [5, 5.41) is 3.48. The van der Waals surface area contributed by atoms with Crippen LogP contribution in [0.1, 0.15) is 43.7 Å². The Hall–Kier alpha value is -0.200. The van der Waals surface area contributed by atoms with Crippen LogP contribution in [0.3, 0.4) is 0 Å². The molecule has 1 aliphatic heterocycles. The third-order valence-corrected chi connectivity index (χ3v) is 6.23. The van der Waals surface area contributed by atoms with Crippen LogP contribution in [0.15, 0.2) is 16.6 Å². The number of rotatable bonds is 5. The van der Waals surface area contributed by atoms with E-state index in [9.17, 15) is 0 Å². The third kappa shape index (κ3) is 5.41. The quantitative estimate of drug-likeness (QED) is 0.669. The van der Waals surface area contributed by atoms with Crippen LogP contribution in [-0.4, -0.2) is 45.3 Å². The van der Waals surface area contributed by atoms with Gasteiger partial charge in [0, 0.05) is 32.2 Å². The summed E-state index contributed by atoms with van der Waals surface area (Å²) in [7, 11) is 3.45. The van der Waals surface area contributed by atoms with E-state index in [1.165, 1.54) is 37.7 Å². The van der Waals surface area contributed by atoms with Gasteiger partial charge in [0.05, 0.1) is 14.2 Å². The molecule has 1 atom stereocenters. The van der Waals surface area contributed by atoms with Crippen LogP contribution in [0.2, 0.25) is 0 Å². The highest BCUT2D eigenvalue weighted by molar-refractivity contribution is 9.10. The molecule has 2 fully saturated rings. The number of piperazine rings is 1. The van der Waals surface area contributed by atoms with E-state index in [1.807, 2.05) is 0 Å². The Balaban J connectivity index is 0.00000169. The number of benzene rings is 1. The average molecular weight is 470 g/mol. The highest BCUT2D eigenvalue weighted by atomic mass is 79.9. The minimum absolute atomic E-state index is 0. The second-order valence-electron chi connectivity index (χ2n) is 6.87. The van der Waals surface area contributed by atoms with Crippen molar-refractivity contribution in [3.8, 4) is 11.5 Å². The van der Waals surface area contributed by atoms with E-state index < -0.39 is 0 Å². The largest absolute Gasteiger partial charge is 0.495 e. The number of ether oxygens (including phenoxy) is 2. The Labute approximate surface area is 178 Å². The fraction of sp³-hybridized carbons (Fsp3) is 0.684. The van der Waals surface area contributed by atoms with E-state index in [1.54, 1.807) is 14.2 Å². The molecule has 26 heavy (non-hydrogen) atoms. The van der Waals surface area contributed by atoms with Crippen LogP contribution in [0.5, 0.6) is 11.5 Å². The maximum Gasteiger partial charge on any atom is 0.137 e. The predicted octanol–water partition coefficient (Wildman–Crippen LogP) is 4.84. The lowest BCUT2D eigenvalue weighted by atomic mass is 9.80. The first-order valence-corrected chi connectivity index (χ1v) is 9.90. The third-order valence-electron chi connectivity index (χ3n) is 5.45. The topological polar surface area (TPSA) is 33.7 Å². The van der Waals surface area contributed by atoms with Crippen molar-refractivity contribution in [2.75, 3.05) is 40.4 Å². The highest BCUT2D eigenvalue weighted by Gasteiger charge is 2.32. The van der Waals surface area contributed by atoms with Gasteiger partial charge in [-0.2, -0.15) is 0 Å². The summed E-state index contributed by atoms with van der Waals surface area (Å²) in [5.74, 6) is 2.45. The first kappa shape index (κ1) is 23.8. The standard InChI is InChI=1S/C19H29BrN2O2.2ClH/c1-23-16-12-15(13-17(24-2)18(16)20)19(14-6-4-3-5-7-14)22-10-8-21-9-11-22;;/h12-14,19,21H,3-11H2,1-2H3;2*1H/t19-;;/m0../s1. The summed E-state index contributed by atoms with van der Waals surface area (Å²) in [4.78, 5) is 2.66. The molecule has 1 saturated heterocycles. The average Bonchev–Trinajstić information content (AvgIpc) is 2.65. The molecule has 1 aromatic carbocycles. The molecule has 7 heteroatoms. The lowest BCUT2D eigenvalue weighted by Gasteiger charge is -2.41. The molecule has 1 aromatic rings. The van der Waals surface area contributed by atoms with Gasteiger partial charge in [-0.1, -0.05) is 19.3 Å². The van der Waals surface area contributed by atoms with E-state index >= 15 is 0 Å². The summed E-state index contributed by atoms with van der Waals surface area (Å²) in [5.41, 5.74) is 1.33. The molecular weight excluding hydrogens is 439 g/mol. The van der Waals surface area contributed by atoms with Crippen molar-refractivity contribution < 1.29 is 9.47 Å². The van der Waals surface area contributed by atoms with E-state index in [0.29, 0.717) is 6.04 Å². The van der Waals surface area contributed by atoms with E-state index in [0.717, 1.165) is 48.1 Å². The summed E-state index contributed by atoms with van der Waals surface area (Å²) in [6.45, 7) is 4.38. The van der Waals surface area contributed by atoms with Gasteiger partial charge in [-0.3, -0.25) is 4.90 Å². The van der Waals surface area contributed by atoms with Crippen molar-refractivity contribution in [2.45, 2.75) is 38.1 Å². The Morgan fingerprint density at radius 1 is 1.00 bits per heavy atom. The highest BCUT2D eigenvalue weighted by Crippen LogP contribution is 2.43. The van der Waals surface area contributed by atoms with Gasteiger partial charge in [-0.15, -0.1) is 24.8 Å². The molecule has 0 radical (unpaired) electrons. The number of hydrogen-bond acceptors (Lipinski definition) is 4. The molecule has 0 amide bonds. The number of hydrogen-bond donors (Lipinski definition) is 1. The van der Waals surface area contributed by atoms with Crippen LogP contribution >= 0.6 is 40.7 Å². The van der Waals surface area contributed by atoms with Crippen LogP contribution < -0.4 is 14.8 Å². The van der Waals surface area contributed by atoms with Crippen LogP contribution in [0.4, 0.5) is 0 Å². The van der Waals surface area contributed by atoms with Crippen molar-refractivity contribution in [2.24, 2.45) is 5.92 Å². The van der Waals surface area contributed by atoms with Crippen molar-refractivity contribution in [1.82, 2.24) is 10.2 Å². The van der Waals surface area contributed by atoms with Crippen LogP contribution in [0, 0.1) is 5.92 Å². The Morgan fingerprint density at radius 3 is 2.04 bits per heavy atom. The lowest BCUT2D eigenvalue weighted by molar-refractivity contribution is 0.103. The molecule has 150 valence electrons. The molecule has 2 aliphatic rings. The Kier molecular flexibility index (Phi) is 10.6. The van der Waals surface area contributed by atoms with Crippen molar-refractivity contribution >= 4 is 40.7 Å². The van der Waals surface area contributed by atoms with Gasteiger partial charge in [-0.05, 0) is 52.4 Å². The molecule has 0 unspecified atom stereocenters. The van der Waals surface area contributed by atoms with Gasteiger partial charge in [-0.25, -0.2) is 0 Å². The summed E-state index contributed by atoms with van der Waals surface area (Å²) in [6.07, 6.45) is 6.76. The smallest absolute Gasteiger partial charge is 0.137 e.